The second-order valence-electron chi connectivity index (χ2n) is 5.98. The number of furan rings is 1. The number of carbonyl (C=O) groups excluding carboxylic acids is 2. The lowest BCUT2D eigenvalue weighted by molar-refractivity contribution is -0.111. The Morgan fingerprint density at radius 3 is 2.63 bits per heavy atom. The Morgan fingerprint density at radius 2 is 1.97 bits per heavy atom. The van der Waals surface area contributed by atoms with Gasteiger partial charge in [0.1, 0.15) is 16.3 Å². The highest BCUT2D eigenvalue weighted by Gasteiger charge is 2.23. The van der Waals surface area contributed by atoms with Crippen molar-refractivity contribution in [1.82, 2.24) is 0 Å². The number of nitrogens with one attached hydrogen (secondary N) is 1. The van der Waals surface area contributed by atoms with E-state index < -0.39 is 11.9 Å². The van der Waals surface area contributed by atoms with E-state index in [2.05, 4.69) is 5.32 Å². The first kappa shape index (κ1) is 21.2. The van der Waals surface area contributed by atoms with Gasteiger partial charge in [-0.15, -0.1) is 11.3 Å². The highest BCUT2D eigenvalue weighted by Crippen LogP contribution is 2.39. The van der Waals surface area contributed by atoms with Gasteiger partial charge >= 0.3 is 5.97 Å². The molecule has 3 aromatic rings. The molecule has 8 heteroatoms. The van der Waals surface area contributed by atoms with Crippen molar-refractivity contribution in [1.29, 1.82) is 0 Å². The third kappa shape index (κ3) is 4.72. The van der Waals surface area contributed by atoms with Gasteiger partial charge < -0.3 is 23.9 Å². The summed E-state index contributed by atoms with van der Waals surface area (Å²) in [7, 11) is 3.09. The number of methoxy groups -OCH3 is 2. The van der Waals surface area contributed by atoms with Crippen molar-refractivity contribution in [3.8, 4) is 22.6 Å². The van der Waals surface area contributed by atoms with Crippen molar-refractivity contribution in [3.05, 3.63) is 59.4 Å². The molecule has 0 unspecified atom stereocenters. The Bertz CT molecular complexity index is 1050. The Labute approximate surface area is 177 Å². The SMILES string of the molecule is CCOC(=O)c1c(-c2ccc(OC)c(OC)c2)csc1NC(=O)/C=C/c1ccco1. The summed E-state index contributed by atoms with van der Waals surface area (Å²) in [6, 6.07) is 8.80. The van der Waals surface area contributed by atoms with E-state index in [0.29, 0.717) is 27.8 Å². The van der Waals surface area contributed by atoms with Crippen LogP contribution in [-0.2, 0) is 9.53 Å². The molecule has 156 valence electrons. The molecule has 1 aromatic carbocycles. The number of carbonyl (C=O) groups is 2. The lowest BCUT2D eigenvalue weighted by atomic mass is 10.0. The van der Waals surface area contributed by atoms with Crippen LogP contribution in [0.15, 0.2) is 52.5 Å². The number of rotatable bonds is 8. The largest absolute Gasteiger partial charge is 0.493 e. The van der Waals surface area contributed by atoms with Gasteiger partial charge in [-0.1, -0.05) is 6.07 Å². The van der Waals surface area contributed by atoms with Crippen LogP contribution in [0.4, 0.5) is 5.00 Å². The van der Waals surface area contributed by atoms with Crippen LogP contribution in [0.1, 0.15) is 23.0 Å². The highest BCUT2D eigenvalue weighted by molar-refractivity contribution is 7.15. The van der Waals surface area contributed by atoms with Crippen LogP contribution in [-0.4, -0.2) is 32.7 Å². The van der Waals surface area contributed by atoms with E-state index in [1.165, 1.54) is 23.7 Å². The molecular weight excluding hydrogens is 406 g/mol. The minimum absolute atomic E-state index is 0.214. The third-order valence-corrected chi connectivity index (χ3v) is 5.04. The summed E-state index contributed by atoms with van der Waals surface area (Å²) in [5, 5.41) is 4.93. The highest BCUT2D eigenvalue weighted by atomic mass is 32.1. The summed E-state index contributed by atoms with van der Waals surface area (Å²) in [6.07, 6.45) is 4.40. The average molecular weight is 427 g/mol. The van der Waals surface area contributed by atoms with Crippen LogP contribution >= 0.6 is 11.3 Å². The summed E-state index contributed by atoms with van der Waals surface area (Å²) in [5.41, 5.74) is 1.65. The molecule has 2 aromatic heterocycles. The molecule has 0 spiro atoms. The molecule has 0 aliphatic heterocycles. The van der Waals surface area contributed by atoms with E-state index >= 15 is 0 Å². The standard InChI is InChI=1S/C22H21NO6S/c1-4-28-22(25)20-16(14-7-9-17(26-2)18(12-14)27-3)13-30-21(20)23-19(24)10-8-15-6-5-11-29-15/h5-13H,4H2,1-3H3,(H,23,24)/b10-8+. The van der Waals surface area contributed by atoms with Crippen LogP contribution in [0.25, 0.3) is 17.2 Å². The molecule has 0 saturated carbocycles. The number of anilines is 1. The monoisotopic (exact) mass is 427 g/mol. The number of amides is 1. The van der Waals surface area contributed by atoms with Crippen molar-refractivity contribution >= 4 is 34.3 Å². The molecule has 0 saturated heterocycles. The van der Waals surface area contributed by atoms with Crippen LogP contribution in [0.3, 0.4) is 0 Å². The zero-order chi connectivity index (χ0) is 21.5. The molecule has 7 nitrogen and oxygen atoms in total. The number of ether oxygens (including phenoxy) is 3. The van der Waals surface area contributed by atoms with Crippen molar-refractivity contribution in [2.24, 2.45) is 0 Å². The fourth-order valence-corrected chi connectivity index (χ4v) is 3.73. The molecule has 0 atom stereocenters. The number of hydrogen-bond acceptors (Lipinski definition) is 7. The molecule has 0 radical (unpaired) electrons. The Balaban J connectivity index is 1.94. The second-order valence-corrected chi connectivity index (χ2v) is 6.86. The first-order valence-corrected chi connectivity index (χ1v) is 9.98. The number of hydrogen-bond donors (Lipinski definition) is 1. The molecule has 1 N–H and O–H groups in total. The molecular formula is C22H21NO6S. The summed E-state index contributed by atoms with van der Waals surface area (Å²) >= 11 is 1.24. The first-order valence-electron chi connectivity index (χ1n) is 9.11. The van der Waals surface area contributed by atoms with Crippen molar-refractivity contribution in [3.63, 3.8) is 0 Å². The number of benzene rings is 1. The second kappa shape index (κ2) is 9.80. The van der Waals surface area contributed by atoms with Gasteiger partial charge in [0.15, 0.2) is 11.5 Å². The number of esters is 1. The van der Waals surface area contributed by atoms with Gasteiger partial charge in [0.2, 0.25) is 5.91 Å². The fourth-order valence-electron chi connectivity index (χ4n) is 2.77. The summed E-state index contributed by atoms with van der Waals surface area (Å²) < 4.78 is 21.0. The molecule has 0 bridgehead atoms. The third-order valence-electron chi connectivity index (χ3n) is 4.14. The van der Waals surface area contributed by atoms with Gasteiger partial charge in [-0.3, -0.25) is 4.79 Å². The molecule has 0 fully saturated rings. The first-order chi connectivity index (χ1) is 14.6. The maximum atomic E-state index is 12.7. The zero-order valence-corrected chi connectivity index (χ0v) is 17.6. The van der Waals surface area contributed by atoms with Crippen LogP contribution in [0, 0.1) is 0 Å². The van der Waals surface area contributed by atoms with Gasteiger partial charge in [0.25, 0.3) is 0 Å². The van der Waals surface area contributed by atoms with Crippen LogP contribution in [0.2, 0.25) is 0 Å². The lowest BCUT2D eigenvalue weighted by Crippen LogP contribution is -2.12. The Hall–Kier alpha value is -3.52. The minimum Gasteiger partial charge on any atom is -0.493 e. The van der Waals surface area contributed by atoms with E-state index in [0.717, 1.165) is 5.56 Å². The van der Waals surface area contributed by atoms with Crippen molar-refractivity contribution in [2.45, 2.75) is 6.92 Å². The minimum atomic E-state index is -0.520. The lowest BCUT2D eigenvalue weighted by Gasteiger charge is -2.11. The molecule has 0 aliphatic carbocycles. The van der Waals surface area contributed by atoms with E-state index in [1.54, 1.807) is 56.9 Å². The maximum absolute atomic E-state index is 12.7. The van der Waals surface area contributed by atoms with Crippen LogP contribution < -0.4 is 14.8 Å². The normalized spacial score (nSPS) is 10.8. The summed E-state index contributed by atoms with van der Waals surface area (Å²) in [4.78, 5) is 25.0. The van der Waals surface area contributed by atoms with E-state index in [4.69, 9.17) is 18.6 Å². The van der Waals surface area contributed by atoms with Gasteiger partial charge in [0.05, 0.1) is 27.1 Å². The Morgan fingerprint density at radius 1 is 1.17 bits per heavy atom. The smallest absolute Gasteiger partial charge is 0.341 e. The molecule has 0 aliphatic rings. The van der Waals surface area contributed by atoms with E-state index in [9.17, 15) is 9.59 Å². The summed E-state index contributed by atoms with van der Waals surface area (Å²) in [5.74, 6) is 0.744. The predicted octanol–water partition coefficient (Wildman–Crippen LogP) is 4.85. The quantitative estimate of drug-likeness (QED) is 0.408. The maximum Gasteiger partial charge on any atom is 0.341 e. The molecule has 2 heterocycles. The predicted molar refractivity (Wildman–Crippen MR) is 115 cm³/mol. The Kier molecular flexibility index (Phi) is 6.92. The average Bonchev–Trinajstić information content (AvgIpc) is 3.42. The van der Waals surface area contributed by atoms with Crippen molar-refractivity contribution < 1.29 is 28.2 Å². The number of thiophene rings is 1. The van der Waals surface area contributed by atoms with E-state index in [1.807, 2.05) is 6.07 Å². The molecule has 30 heavy (non-hydrogen) atoms. The van der Waals surface area contributed by atoms with Crippen LogP contribution in [0.5, 0.6) is 11.5 Å². The zero-order valence-electron chi connectivity index (χ0n) is 16.8. The molecule has 1 amide bonds. The van der Waals surface area contributed by atoms with Crippen molar-refractivity contribution in [2.75, 3.05) is 26.1 Å². The summed E-state index contributed by atoms with van der Waals surface area (Å²) in [6.45, 7) is 1.94. The molecule has 3 rings (SSSR count). The van der Waals surface area contributed by atoms with E-state index in [-0.39, 0.29) is 12.2 Å². The fraction of sp³-hybridized carbons (Fsp3) is 0.182. The van der Waals surface area contributed by atoms with Gasteiger partial charge in [-0.05, 0) is 42.8 Å². The van der Waals surface area contributed by atoms with Gasteiger partial charge in [-0.2, -0.15) is 0 Å². The topological polar surface area (TPSA) is 87.0 Å². The van der Waals surface area contributed by atoms with Gasteiger partial charge in [-0.25, -0.2) is 4.79 Å². The van der Waals surface area contributed by atoms with Gasteiger partial charge in [0, 0.05) is 17.0 Å².